The first-order valence-electron chi connectivity index (χ1n) is 20.6. The monoisotopic (exact) mass is 856 g/mol. The summed E-state index contributed by atoms with van der Waals surface area (Å²) in [6, 6.07) is -6.16. The predicted octanol–water partition coefficient (Wildman–Crippen LogP) is -5.37. The van der Waals surface area contributed by atoms with Gasteiger partial charge in [-0.15, -0.1) is 0 Å². The number of aliphatic imine (C=N–C) groups is 2. The lowest BCUT2D eigenvalue weighted by molar-refractivity contribution is -0.303. The van der Waals surface area contributed by atoms with E-state index in [2.05, 4.69) is 10.6 Å². The van der Waals surface area contributed by atoms with E-state index in [4.69, 9.17) is 70.8 Å². The minimum Gasteiger partial charge on any atom is -0.462 e. The smallest absolute Gasteiger partial charge is 0.215 e. The van der Waals surface area contributed by atoms with E-state index in [1.165, 1.54) is 26.3 Å². The summed E-state index contributed by atoms with van der Waals surface area (Å²) in [7, 11) is 3.20. The Hall–Kier alpha value is -2.30. The van der Waals surface area contributed by atoms with Gasteiger partial charge < -0.3 is 102 Å². The highest BCUT2D eigenvalue weighted by Gasteiger charge is 2.53. The van der Waals surface area contributed by atoms with E-state index in [0.717, 1.165) is 0 Å². The van der Waals surface area contributed by atoms with Crippen molar-refractivity contribution in [2.24, 2.45) is 32.9 Å². The van der Waals surface area contributed by atoms with E-state index in [-0.39, 0.29) is 37.6 Å². The third kappa shape index (κ3) is 9.32. The van der Waals surface area contributed by atoms with E-state index < -0.39 is 134 Å². The number of aliphatic hydroxyl groups excluding tert-OH is 4. The van der Waals surface area contributed by atoms with Gasteiger partial charge in [-0.25, -0.2) is 0 Å². The van der Waals surface area contributed by atoms with Crippen molar-refractivity contribution in [2.75, 3.05) is 27.3 Å². The fraction of sp³-hybridized carbons (Fsp3) is 0.842. The SMILES string of the molecule is CN[C@@H]1[C@@H](O)[C@@H](O[C@@H]2[C@@H](O)[C@@H]3O[C@H]4OC(=CC[C@H]4N)C=N[C@@H]4C[C@H](N)[C@@H](O[C@H]5OC[C@](C)(O)[C@H](NC)[C@H]5O)[C@H](O)[C@H]4O[C@@H]4OC(=CC[C@@H]4N)C=N[C@H]3C[C@H]2N)OC[C@]1(C)O. The summed E-state index contributed by atoms with van der Waals surface area (Å²) in [5.41, 5.74) is 23.5. The highest BCUT2D eigenvalue weighted by atomic mass is 16.7. The van der Waals surface area contributed by atoms with Crippen LogP contribution in [0.4, 0.5) is 0 Å². The lowest BCUT2D eigenvalue weighted by atomic mass is 9.83. The Kier molecular flexibility index (Phi) is 14.0. The van der Waals surface area contributed by atoms with Gasteiger partial charge in [0.05, 0.1) is 61.9 Å². The lowest BCUT2D eigenvalue weighted by Gasteiger charge is -2.48. The third-order valence-corrected chi connectivity index (χ3v) is 12.6. The summed E-state index contributed by atoms with van der Waals surface area (Å²) in [5.74, 6) is 0.569. The Bertz CT molecular complexity index is 1490. The van der Waals surface area contributed by atoms with Gasteiger partial charge in [-0.1, -0.05) is 0 Å². The zero-order valence-electron chi connectivity index (χ0n) is 34.3. The molecule has 0 amide bonds. The van der Waals surface area contributed by atoms with Crippen LogP contribution < -0.4 is 33.6 Å². The summed E-state index contributed by atoms with van der Waals surface area (Å²) in [6.07, 6.45) is -7.30. The minimum absolute atomic E-state index is 0.140. The summed E-state index contributed by atoms with van der Waals surface area (Å²) >= 11 is 0. The maximum absolute atomic E-state index is 11.9. The Morgan fingerprint density at radius 2 is 1.02 bits per heavy atom. The van der Waals surface area contributed by atoms with Crippen LogP contribution in [0.3, 0.4) is 0 Å². The van der Waals surface area contributed by atoms with Gasteiger partial charge in [-0.05, 0) is 65.8 Å². The standard InChI is InChI=1S/C38H64N8O14/c1-37(51)13-53-35(25(49)31(37)43-3)57-27-19(41)9-21-29(23(27)47)59-33-17(39)7-5-16(55-33)12-46-22-10-20(42)28(58-36-26(50)32(44-4)38(2,52)14-54-36)24(48)30(22)60-34-18(40)8-6-15(56-34)11-45-21/h5-6,11-12,17-36,43-44,47-52H,7-10,13-14,39-42H2,1-4H3/t17-,18+,19-,20+,21+,22-,23-,24+,25-,26-,27+,28-,29-,30+,31-,32-,33-,34+,35-,36-,37+,38+/m1/s1. The number of ether oxygens (including phenoxy) is 8. The maximum atomic E-state index is 11.9. The number of allylic oxidation sites excluding steroid dienone is 2. The van der Waals surface area contributed by atoms with Crippen LogP contribution in [-0.4, -0.2) is 204 Å². The molecule has 0 spiro atoms. The van der Waals surface area contributed by atoms with Crippen LogP contribution in [0.1, 0.15) is 39.5 Å². The van der Waals surface area contributed by atoms with Crippen molar-refractivity contribution >= 4 is 12.4 Å². The summed E-state index contributed by atoms with van der Waals surface area (Å²) < 4.78 is 49.1. The Balaban J connectivity index is 1.14. The van der Waals surface area contributed by atoms with E-state index in [1.807, 2.05) is 0 Å². The van der Waals surface area contributed by atoms with E-state index in [0.29, 0.717) is 12.8 Å². The van der Waals surface area contributed by atoms with Crippen LogP contribution in [0.2, 0.25) is 0 Å². The number of fused-ring (bicyclic) bond motifs is 6. The Morgan fingerprint density at radius 1 is 0.633 bits per heavy atom. The predicted molar refractivity (Wildman–Crippen MR) is 211 cm³/mol. The molecule has 2 saturated heterocycles. The number of rotatable bonds is 6. The Morgan fingerprint density at radius 3 is 1.38 bits per heavy atom. The molecule has 0 aromatic rings. The van der Waals surface area contributed by atoms with Gasteiger partial charge in [0, 0.05) is 12.1 Å². The van der Waals surface area contributed by atoms with Gasteiger partial charge in [-0.3, -0.25) is 9.98 Å². The van der Waals surface area contributed by atoms with Crippen molar-refractivity contribution in [3.63, 3.8) is 0 Å². The third-order valence-electron chi connectivity index (χ3n) is 12.6. The number of nitrogens with zero attached hydrogens (tertiary/aromatic N) is 2. The number of nitrogens with two attached hydrogens (primary N) is 4. The molecule has 4 fully saturated rings. The number of likely N-dealkylation sites (N-methyl/N-ethyl adjacent to an activating group) is 2. The first kappa shape index (κ1) is 45.7. The van der Waals surface area contributed by atoms with Crippen LogP contribution in [0.15, 0.2) is 33.7 Å². The average Bonchev–Trinajstić information content (AvgIpc) is 3.19. The second-order valence-electron chi connectivity index (χ2n) is 17.4. The van der Waals surface area contributed by atoms with Gasteiger partial charge in [0.2, 0.25) is 12.6 Å². The van der Waals surface area contributed by atoms with E-state index >= 15 is 0 Å². The molecule has 16 N–H and O–H groups in total. The van der Waals surface area contributed by atoms with Gasteiger partial charge in [0.15, 0.2) is 12.6 Å². The number of hydrogen-bond donors (Lipinski definition) is 12. The molecular formula is C38H64N8O14. The largest absolute Gasteiger partial charge is 0.462 e. The summed E-state index contributed by atoms with van der Waals surface area (Å²) in [4.78, 5) is 9.53. The molecule has 0 aromatic heterocycles. The first-order valence-corrected chi connectivity index (χ1v) is 20.6. The highest BCUT2D eigenvalue weighted by Crippen LogP contribution is 2.36. The quantitative estimate of drug-likeness (QED) is 0.119. The van der Waals surface area contributed by atoms with Crippen LogP contribution in [0.25, 0.3) is 0 Å². The molecule has 60 heavy (non-hydrogen) atoms. The average molecular weight is 857 g/mol. The number of nitrogens with one attached hydrogen (secondary N) is 2. The summed E-state index contributed by atoms with van der Waals surface area (Å²) in [6.45, 7) is 2.75. The molecule has 2 aliphatic carbocycles. The molecule has 22 heteroatoms. The molecule has 7 rings (SSSR count). The molecule has 0 aromatic carbocycles. The van der Waals surface area contributed by atoms with Gasteiger partial charge in [0.1, 0.15) is 71.6 Å². The molecule has 22 atom stereocenters. The fourth-order valence-electron chi connectivity index (χ4n) is 9.21. The lowest BCUT2D eigenvalue weighted by Crippen LogP contribution is -2.68. The van der Waals surface area contributed by atoms with E-state index in [9.17, 15) is 30.6 Å². The van der Waals surface area contributed by atoms with Crippen LogP contribution in [0, 0.1) is 0 Å². The van der Waals surface area contributed by atoms with Gasteiger partial charge >= 0.3 is 0 Å². The molecule has 2 saturated carbocycles. The second kappa shape index (κ2) is 18.4. The molecule has 5 aliphatic heterocycles. The molecule has 5 heterocycles. The molecule has 0 radical (unpaired) electrons. The molecular weight excluding hydrogens is 792 g/mol. The molecule has 7 aliphatic rings. The van der Waals surface area contributed by atoms with Crippen molar-refractivity contribution in [1.29, 1.82) is 0 Å². The van der Waals surface area contributed by atoms with Crippen LogP contribution >= 0.6 is 0 Å². The number of aliphatic hydroxyl groups is 6. The van der Waals surface area contributed by atoms with Crippen LogP contribution in [-0.2, 0) is 37.9 Å². The summed E-state index contributed by atoms with van der Waals surface area (Å²) in [5, 5.41) is 73.3. The van der Waals surface area contributed by atoms with Crippen LogP contribution in [0.5, 0.6) is 0 Å². The zero-order chi connectivity index (χ0) is 43.3. The first-order chi connectivity index (χ1) is 28.4. The van der Waals surface area contributed by atoms with Gasteiger partial charge in [0.25, 0.3) is 0 Å². The zero-order valence-corrected chi connectivity index (χ0v) is 34.3. The highest BCUT2D eigenvalue weighted by molar-refractivity contribution is 5.77. The van der Waals surface area contributed by atoms with E-state index in [1.54, 1.807) is 26.2 Å². The number of hydrogen-bond acceptors (Lipinski definition) is 22. The topological polar surface area (TPSA) is 348 Å². The molecule has 340 valence electrons. The van der Waals surface area contributed by atoms with Crippen molar-refractivity contribution in [2.45, 2.75) is 173 Å². The minimum atomic E-state index is -1.43. The van der Waals surface area contributed by atoms with Gasteiger partial charge in [-0.2, -0.15) is 0 Å². The van der Waals surface area contributed by atoms with Crippen molar-refractivity contribution in [3.05, 3.63) is 23.7 Å². The Labute approximate surface area is 348 Å². The maximum Gasteiger partial charge on any atom is 0.215 e. The normalized spacial score (nSPS) is 51.2. The molecule has 22 nitrogen and oxygen atoms in total. The molecule has 4 bridgehead atoms. The van der Waals surface area contributed by atoms with Crippen molar-refractivity contribution in [3.8, 4) is 0 Å². The van der Waals surface area contributed by atoms with Crippen molar-refractivity contribution in [1.82, 2.24) is 10.6 Å². The van der Waals surface area contributed by atoms with Crippen molar-refractivity contribution < 1.29 is 68.5 Å². The fourth-order valence-corrected chi connectivity index (χ4v) is 9.21. The second-order valence-corrected chi connectivity index (χ2v) is 17.4. The molecule has 0 unspecified atom stereocenters.